The normalized spacial score (nSPS) is 16.5. The van der Waals surface area contributed by atoms with Gasteiger partial charge < -0.3 is 9.72 Å². The zero-order chi connectivity index (χ0) is 21.8. The smallest absolute Gasteiger partial charge is 0.344 e. The molecule has 0 saturated carbocycles. The van der Waals surface area contributed by atoms with Gasteiger partial charge in [-0.3, -0.25) is 9.48 Å². The summed E-state index contributed by atoms with van der Waals surface area (Å²) in [4.78, 5) is 12.7. The molecule has 0 bridgehead atoms. The third-order valence-electron chi connectivity index (χ3n) is 5.59. The van der Waals surface area contributed by atoms with Gasteiger partial charge in [-0.1, -0.05) is 0 Å². The molecule has 0 unspecified atom stereocenters. The lowest BCUT2D eigenvalue weighted by molar-refractivity contribution is -0.141. The average Bonchev–Trinajstić information content (AvgIpc) is 3.44. The maximum Gasteiger partial charge on any atom is 0.435 e. The van der Waals surface area contributed by atoms with Gasteiger partial charge in [-0.25, -0.2) is 4.68 Å². The van der Waals surface area contributed by atoms with Crippen molar-refractivity contribution in [2.45, 2.75) is 31.5 Å². The number of nitrogens with one attached hydrogen (secondary N) is 1. The lowest BCUT2D eigenvalue weighted by atomic mass is 9.93. The fourth-order valence-electron chi connectivity index (χ4n) is 4.03. The molecule has 1 amide bonds. The van der Waals surface area contributed by atoms with Crippen LogP contribution in [0.1, 0.15) is 46.3 Å². The quantitative estimate of drug-likeness (QED) is 0.541. The number of carbonyl (C=O) groups excluding carboxylic acids is 1. The minimum Gasteiger partial charge on any atom is -0.344 e. The van der Waals surface area contributed by atoms with Crippen LogP contribution in [0.2, 0.25) is 0 Å². The molecular weight excluding hydrogens is 409 g/mol. The number of carbonyl (C=O) groups is 1. The standard InChI is InChI=1S/C21H19F3N6O/c1-28-18(11-19(27-28)21(22,23)24)20(31)25-16-5-2-6-17-15(16)12-30(26-17)14-7-9-29-8-3-4-13(29)10-14/h3-4,7-12,16H,2,5-6H2,1H3,(H,25,31)/t16-/m0/s1. The predicted octanol–water partition coefficient (Wildman–Crippen LogP) is 3.68. The number of halogens is 3. The van der Waals surface area contributed by atoms with Crippen molar-refractivity contribution in [3.05, 3.63) is 71.6 Å². The van der Waals surface area contributed by atoms with Gasteiger partial charge in [0.2, 0.25) is 0 Å². The van der Waals surface area contributed by atoms with E-state index in [1.807, 2.05) is 47.3 Å². The summed E-state index contributed by atoms with van der Waals surface area (Å²) in [5.41, 5.74) is 2.48. The van der Waals surface area contributed by atoms with Crippen molar-refractivity contribution in [2.75, 3.05) is 0 Å². The molecule has 0 aromatic carbocycles. The van der Waals surface area contributed by atoms with Gasteiger partial charge in [-0.2, -0.15) is 23.4 Å². The summed E-state index contributed by atoms with van der Waals surface area (Å²) in [6, 6.07) is 8.37. The van der Waals surface area contributed by atoms with E-state index < -0.39 is 17.8 Å². The first-order valence-electron chi connectivity index (χ1n) is 9.87. The summed E-state index contributed by atoms with van der Waals surface area (Å²) >= 11 is 0. The number of pyridine rings is 1. The van der Waals surface area contributed by atoms with E-state index in [0.717, 1.165) is 46.1 Å². The Bertz CT molecular complexity index is 1280. The molecule has 4 aromatic rings. The van der Waals surface area contributed by atoms with Gasteiger partial charge in [0.15, 0.2) is 5.69 Å². The predicted molar refractivity (Wildman–Crippen MR) is 106 cm³/mol. The number of rotatable bonds is 3. The molecule has 4 aromatic heterocycles. The maximum absolute atomic E-state index is 12.9. The van der Waals surface area contributed by atoms with Crippen molar-refractivity contribution in [1.29, 1.82) is 0 Å². The molecule has 1 atom stereocenters. The van der Waals surface area contributed by atoms with Crippen LogP contribution in [0.4, 0.5) is 13.2 Å². The van der Waals surface area contributed by atoms with Crippen molar-refractivity contribution in [3.63, 3.8) is 0 Å². The average molecular weight is 428 g/mol. The van der Waals surface area contributed by atoms with Gasteiger partial charge in [0.25, 0.3) is 5.91 Å². The van der Waals surface area contributed by atoms with E-state index in [1.54, 1.807) is 4.68 Å². The second kappa shape index (κ2) is 7.00. The number of nitrogens with zero attached hydrogens (tertiary/aromatic N) is 5. The van der Waals surface area contributed by atoms with E-state index in [-0.39, 0.29) is 11.7 Å². The lowest BCUT2D eigenvalue weighted by Gasteiger charge is -2.22. The highest BCUT2D eigenvalue weighted by Gasteiger charge is 2.36. The molecule has 0 spiro atoms. The third kappa shape index (κ3) is 3.47. The van der Waals surface area contributed by atoms with Crippen molar-refractivity contribution in [1.82, 2.24) is 29.3 Å². The Morgan fingerprint density at radius 3 is 2.81 bits per heavy atom. The van der Waals surface area contributed by atoms with Gasteiger partial charge in [-0.15, -0.1) is 0 Å². The third-order valence-corrected chi connectivity index (χ3v) is 5.59. The van der Waals surface area contributed by atoms with Gasteiger partial charge in [0.1, 0.15) is 5.69 Å². The highest BCUT2D eigenvalue weighted by atomic mass is 19.4. The van der Waals surface area contributed by atoms with Gasteiger partial charge in [0.05, 0.1) is 17.4 Å². The molecule has 0 radical (unpaired) electrons. The number of fused-ring (bicyclic) bond motifs is 2. The topological polar surface area (TPSA) is 69.2 Å². The Kier molecular flexibility index (Phi) is 4.38. The number of alkyl halides is 3. The van der Waals surface area contributed by atoms with E-state index in [4.69, 9.17) is 0 Å². The molecule has 1 aliphatic carbocycles. The molecule has 10 heteroatoms. The van der Waals surface area contributed by atoms with Crippen molar-refractivity contribution >= 4 is 11.4 Å². The monoisotopic (exact) mass is 428 g/mol. The molecule has 0 aliphatic heterocycles. The van der Waals surface area contributed by atoms with E-state index >= 15 is 0 Å². The fraction of sp³-hybridized carbons (Fsp3) is 0.286. The molecular formula is C21H19F3N6O. The number of hydrogen-bond donors (Lipinski definition) is 1. The van der Waals surface area contributed by atoms with Gasteiger partial charge >= 0.3 is 6.18 Å². The van der Waals surface area contributed by atoms with Crippen LogP contribution in [0, 0.1) is 0 Å². The first-order valence-corrected chi connectivity index (χ1v) is 9.87. The molecule has 31 heavy (non-hydrogen) atoms. The lowest BCUT2D eigenvalue weighted by Crippen LogP contribution is -2.31. The Balaban J connectivity index is 1.42. The largest absolute Gasteiger partial charge is 0.435 e. The molecule has 1 N–H and O–H groups in total. The number of amides is 1. The summed E-state index contributed by atoms with van der Waals surface area (Å²) in [6.45, 7) is 0. The zero-order valence-electron chi connectivity index (χ0n) is 16.6. The van der Waals surface area contributed by atoms with Crippen LogP contribution in [0.15, 0.2) is 48.9 Å². The van der Waals surface area contributed by atoms with Crippen LogP contribution in [0.25, 0.3) is 11.2 Å². The summed E-state index contributed by atoms with van der Waals surface area (Å²) in [5, 5.41) is 11.0. The SMILES string of the molecule is Cn1nc(C(F)(F)F)cc1C(=O)N[C@H]1CCCc2nn(-c3ccn4cccc4c3)cc21. The molecule has 1 aliphatic rings. The van der Waals surface area contributed by atoms with E-state index in [0.29, 0.717) is 6.42 Å². The zero-order valence-corrected chi connectivity index (χ0v) is 16.6. The van der Waals surface area contributed by atoms with Crippen molar-refractivity contribution in [3.8, 4) is 5.69 Å². The van der Waals surface area contributed by atoms with Crippen LogP contribution >= 0.6 is 0 Å². The fourth-order valence-corrected chi connectivity index (χ4v) is 4.03. The Hall–Kier alpha value is -3.56. The molecule has 5 rings (SSSR count). The van der Waals surface area contributed by atoms with Crippen LogP contribution in [-0.2, 0) is 19.6 Å². The first-order chi connectivity index (χ1) is 14.8. The molecule has 160 valence electrons. The van der Waals surface area contributed by atoms with Gasteiger partial charge in [-0.05, 0) is 43.5 Å². The number of hydrogen-bond acceptors (Lipinski definition) is 3. The van der Waals surface area contributed by atoms with Gasteiger partial charge in [0, 0.05) is 42.8 Å². The Morgan fingerprint density at radius 1 is 1.19 bits per heavy atom. The van der Waals surface area contributed by atoms with E-state index in [2.05, 4.69) is 15.5 Å². The minimum absolute atomic E-state index is 0.134. The summed E-state index contributed by atoms with van der Waals surface area (Å²) in [5.74, 6) is -0.592. The first kappa shape index (κ1) is 19.4. The summed E-state index contributed by atoms with van der Waals surface area (Å²) < 4.78 is 43.5. The van der Waals surface area contributed by atoms with Crippen LogP contribution in [0.5, 0.6) is 0 Å². The highest BCUT2D eigenvalue weighted by molar-refractivity contribution is 5.93. The van der Waals surface area contributed by atoms with Crippen LogP contribution in [0.3, 0.4) is 0 Å². The molecule has 0 fully saturated rings. The maximum atomic E-state index is 12.9. The molecule has 0 saturated heterocycles. The van der Waals surface area contributed by atoms with E-state index in [1.165, 1.54) is 7.05 Å². The summed E-state index contributed by atoms with van der Waals surface area (Å²) in [7, 11) is 1.33. The highest BCUT2D eigenvalue weighted by Crippen LogP contribution is 2.31. The minimum atomic E-state index is -4.60. The van der Waals surface area contributed by atoms with Crippen molar-refractivity contribution in [2.24, 2.45) is 7.05 Å². The van der Waals surface area contributed by atoms with E-state index in [9.17, 15) is 18.0 Å². The summed E-state index contributed by atoms with van der Waals surface area (Å²) in [6.07, 6.45) is 3.49. The van der Waals surface area contributed by atoms with Crippen LogP contribution < -0.4 is 5.32 Å². The molecule has 4 heterocycles. The van der Waals surface area contributed by atoms with Crippen molar-refractivity contribution < 1.29 is 18.0 Å². The second-order valence-corrected chi connectivity index (χ2v) is 7.66. The Labute approximate surface area is 175 Å². The second-order valence-electron chi connectivity index (χ2n) is 7.66. The number of aryl methyl sites for hydroxylation is 2. The van der Waals surface area contributed by atoms with Crippen LogP contribution in [-0.4, -0.2) is 29.9 Å². The number of aromatic nitrogens is 5. The Morgan fingerprint density at radius 2 is 2.03 bits per heavy atom. The molecule has 7 nitrogen and oxygen atoms in total.